The molecule has 1 saturated carbocycles. The third kappa shape index (κ3) is 3.48. The van der Waals surface area contributed by atoms with E-state index in [1.807, 2.05) is 0 Å². The largest absolute Gasteiger partial charge is 0.462 e. The number of cyclic esters (lactones) is 1. The number of carbonyl (C=O) groups excluding carboxylic acids is 2. The van der Waals surface area contributed by atoms with Crippen molar-refractivity contribution in [2.45, 2.75) is 88.2 Å². The molecule has 4 bridgehead atoms. The summed E-state index contributed by atoms with van der Waals surface area (Å²) in [6, 6.07) is 0. The van der Waals surface area contributed by atoms with Crippen molar-refractivity contribution in [1.82, 2.24) is 0 Å². The van der Waals surface area contributed by atoms with Crippen LogP contribution in [0.4, 0.5) is 0 Å². The summed E-state index contributed by atoms with van der Waals surface area (Å²) in [7, 11) is 0. The van der Waals surface area contributed by atoms with Crippen LogP contribution in [0.25, 0.3) is 0 Å². The molecule has 9 atom stereocenters. The highest BCUT2D eigenvalue weighted by Crippen LogP contribution is 2.72. The summed E-state index contributed by atoms with van der Waals surface area (Å²) in [6.07, 6.45) is 8.21. The SMILES string of the molecule is CC1=C[C@H]2O[C@@H]3CC4OC(=O)/C=C\C=C\C5(C(C)O)OCC/C(=C\C(=O)OC[C@@]2(CC1)[C@]4(C)[C@]31CO1)C5O. The maximum absolute atomic E-state index is 13.2. The average Bonchev–Trinajstić information content (AvgIpc) is 3.65. The predicted molar refractivity (Wildman–Crippen MR) is 134 cm³/mol. The van der Waals surface area contributed by atoms with Gasteiger partial charge in [0, 0.05) is 24.0 Å². The molecule has 9 heteroatoms. The number of aliphatic hydroxyl groups is 2. The van der Waals surface area contributed by atoms with Gasteiger partial charge in [0.1, 0.15) is 30.0 Å². The first kappa shape index (κ1) is 26.0. The quantitative estimate of drug-likeness (QED) is 0.299. The van der Waals surface area contributed by atoms with Gasteiger partial charge < -0.3 is 33.9 Å². The van der Waals surface area contributed by atoms with Crippen LogP contribution in [0.15, 0.2) is 47.6 Å². The summed E-state index contributed by atoms with van der Waals surface area (Å²) in [4.78, 5) is 26.2. The van der Waals surface area contributed by atoms with Gasteiger partial charge in [-0.25, -0.2) is 9.59 Å². The highest BCUT2D eigenvalue weighted by atomic mass is 16.6. The van der Waals surface area contributed by atoms with E-state index in [9.17, 15) is 19.8 Å². The van der Waals surface area contributed by atoms with Gasteiger partial charge in [0.2, 0.25) is 0 Å². The van der Waals surface area contributed by atoms with E-state index < -0.39 is 52.3 Å². The van der Waals surface area contributed by atoms with Gasteiger partial charge in [0.25, 0.3) is 0 Å². The molecule has 4 heterocycles. The van der Waals surface area contributed by atoms with E-state index in [1.54, 1.807) is 6.08 Å². The number of epoxide rings is 1. The maximum atomic E-state index is 13.2. The third-order valence-electron chi connectivity index (χ3n) is 10.1. The first-order chi connectivity index (χ1) is 18.1. The molecule has 6 rings (SSSR count). The van der Waals surface area contributed by atoms with Crippen LogP contribution < -0.4 is 0 Å². The van der Waals surface area contributed by atoms with Crippen molar-refractivity contribution in [3.05, 3.63) is 47.6 Å². The van der Waals surface area contributed by atoms with E-state index in [4.69, 9.17) is 23.7 Å². The van der Waals surface area contributed by atoms with E-state index in [1.165, 1.54) is 36.8 Å². The number of rotatable bonds is 1. The highest BCUT2D eigenvalue weighted by Gasteiger charge is 2.83. The van der Waals surface area contributed by atoms with Gasteiger partial charge in [-0.3, -0.25) is 0 Å². The van der Waals surface area contributed by atoms with Crippen LogP contribution in [0.2, 0.25) is 0 Å². The Kier molecular flexibility index (Phi) is 6.05. The Morgan fingerprint density at radius 2 is 1.87 bits per heavy atom. The number of allylic oxidation sites excluding steroid dienone is 3. The molecule has 0 aromatic rings. The van der Waals surface area contributed by atoms with Gasteiger partial charge in [0.05, 0.1) is 36.9 Å². The molecular formula is C29H36O9. The number of fused-ring (bicyclic) bond motifs is 2. The summed E-state index contributed by atoms with van der Waals surface area (Å²) >= 11 is 0. The van der Waals surface area contributed by atoms with E-state index in [2.05, 4.69) is 19.9 Å². The third-order valence-corrected chi connectivity index (χ3v) is 10.1. The lowest BCUT2D eigenvalue weighted by molar-refractivity contribution is -0.232. The van der Waals surface area contributed by atoms with Gasteiger partial charge in [-0.15, -0.1) is 0 Å². The molecule has 2 spiro atoms. The maximum Gasteiger partial charge on any atom is 0.331 e. The standard InChI is InChI=1S/C29H36O9/c1-17-7-10-27-15-34-24(32)13-19-8-11-35-28(18(2)30,25(19)33)9-5-4-6-23(31)38-20-14-22(37-21(27)12-17)29(16-36-29)26(20,27)3/h4-6,9,12-13,18,20-22,25,30,33H,7-8,10-11,14-16H2,1-3H3/b6-4-,9-5+,19-13+/t18?,20?,21-,22-,25?,26-,27-,28?,29+/m1/s1. The van der Waals surface area contributed by atoms with Crippen molar-refractivity contribution in [2.24, 2.45) is 10.8 Å². The molecule has 206 valence electrons. The molecule has 0 amide bonds. The van der Waals surface area contributed by atoms with Crippen LogP contribution >= 0.6 is 0 Å². The molecule has 0 aromatic carbocycles. The summed E-state index contributed by atoms with van der Waals surface area (Å²) in [6.45, 7) is 6.43. The number of esters is 2. The topological polar surface area (TPSA) is 124 Å². The summed E-state index contributed by atoms with van der Waals surface area (Å²) < 4.78 is 30.6. The summed E-state index contributed by atoms with van der Waals surface area (Å²) in [5.41, 5.74) is -1.76. The van der Waals surface area contributed by atoms with E-state index in [0.717, 1.165) is 6.42 Å². The van der Waals surface area contributed by atoms with Crippen molar-refractivity contribution in [1.29, 1.82) is 0 Å². The molecule has 4 unspecified atom stereocenters. The Morgan fingerprint density at radius 1 is 1.08 bits per heavy atom. The van der Waals surface area contributed by atoms with Crippen LogP contribution in [0.5, 0.6) is 0 Å². The minimum atomic E-state index is -1.47. The van der Waals surface area contributed by atoms with Crippen LogP contribution in [0.3, 0.4) is 0 Å². The fraction of sp³-hybridized carbons (Fsp3) is 0.655. The molecule has 2 aliphatic carbocycles. The van der Waals surface area contributed by atoms with Gasteiger partial charge >= 0.3 is 11.9 Å². The second-order valence-corrected chi connectivity index (χ2v) is 11.8. The molecule has 38 heavy (non-hydrogen) atoms. The summed E-state index contributed by atoms with van der Waals surface area (Å²) in [5, 5.41) is 21.7. The first-order valence-electron chi connectivity index (χ1n) is 13.5. The van der Waals surface area contributed by atoms with Crippen molar-refractivity contribution in [3.63, 3.8) is 0 Å². The lowest BCUT2D eigenvalue weighted by Crippen LogP contribution is -2.66. The monoisotopic (exact) mass is 528 g/mol. The second kappa shape index (κ2) is 8.86. The van der Waals surface area contributed by atoms with Gasteiger partial charge in [0.15, 0.2) is 0 Å². The highest BCUT2D eigenvalue weighted by molar-refractivity contribution is 5.83. The fourth-order valence-electron chi connectivity index (χ4n) is 7.68. The first-order valence-corrected chi connectivity index (χ1v) is 13.5. The summed E-state index contributed by atoms with van der Waals surface area (Å²) in [5.74, 6) is -1.10. The molecule has 0 radical (unpaired) electrons. The zero-order valence-electron chi connectivity index (χ0n) is 22.1. The van der Waals surface area contributed by atoms with Gasteiger partial charge in [-0.1, -0.05) is 30.7 Å². The molecule has 0 aromatic heterocycles. The molecule has 3 saturated heterocycles. The fourth-order valence-corrected chi connectivity index (χ4v) is 7.68. The number of ether oxygens (including phenoxy) is 5. The Bertz CT molecular complexity index is 1150. The predicted octanol–water partition coefficient (Wildman–Crippen LogP) is 2.07. The van der Waals surface area contributed by atoms with E-state index in [-0.39, 0.29) is 25.4 Å². The number of hydrogen-bond donors (Lipinski definition) is 2. The Balaban J connectivity index is 1.44. The number of aliphatic hydroxyl groups excluding tert-OH is 2. The lowest BCUT2D eigenvalue weighted by Gasteiger charge is -2.58. The van der Waals surface area contributed by atoms with Crippen molar-refractivity contribution in [3.8, 4) is 0 Å². The van der Waals surface area contributed by atoms with Gasteiger partial charge in [-0.2, -0.15) is 0 Å². The molecular weight excluding hydrogens is 492 g/mol. The normalized spacial score (nSPS) is 50.0. The van der Waals surface area contributed by atoms with Gasteiger partial charge in [-0.05, 0) is 44.8 Å². The Hall–Kier alpha value is -2.30. The van der Waals surface area contributed by atoms with Crippen LogP contribution in [-0.4, -0.2) is 83.7 Å². The zero-order valence-corrected chi connectivity index (χ0v) is 22.1. The van der Waals surface area contributed by atoms with Crippen molar-refractivity contribution in [2.75, 3.05) is 19.8 Å². The minimum absolute atomic E-state index is 0.0519. The van der Waals surface area contributed by atoms with E-state index in [0.29, 0.717) is 31.4 Å². The molecule has 6 aliphatic rings. The molecule has 4 fully saturated rings. The van der Waals surface area contributed by atoms with Crippen LogP contribution in [-0.2, 0) is 33.3 Å². The smallest absolute Gasteiger partial charge is 0.331 e. The lowest BCUT2D eigenvalue weighted by atomic mass is 9.51. The average molecular weight is 529 g/mol. The van der Waals surface area contributed by atoms with Crippen LogP contribution in [0.1, 0.15) is 46.5 Å². The number of hydrogen-bond acceptors (Lipinski definition) is 9. The Morgan fingerprint density at radius 3 is 2.61 bits per heavy atom. The molecule has 4 aliphatic heterocycles. The Labute approximate surface area is 222 Å². The van der Waals surface area contributed by atoms with Crippen LogP contribution in [0, 0.1) is 10.8 Å². The molecule has 9 nitrogen and oxygen atoms in total. The van der Waals surface area contributed by atoms with Crippen molar-refractivity contribution < 1.29 is 43.5 Å². The second-order valence-electron chi connectivity index (χ2n) is 11.8. The minimum Gasteiger partial charge on any atom is -0.462 e. The van der Waals surface area contributed by atoms with E-state index >= 15 is 0 Å². The zero-order chi connectivity index (χ0) is 26.9. The molecule has 2 N–H and O–H groups in total. The number of carbonyl (C=O) groups is 2. The van der Waals surface area contributed by atoms with Crippen molar-refractivity contribution >= 4 is 11.9 Å².